The number of pyridine rings is 2. The van der Waals surface area contributed by atoms with Crippen LogP contribution < -0.4 is 20.5 Å². The van der Waals surface area contributed by atoms with Gasteiger partial charge in [-0.1, -0.05) is 35.3 Å². The number of hydrogen-bond donors (Lipinski definition) is 2. The van der Waals surface area contributed by atoms with Gasteiger partial charge in [0.2, 0.25) is 0 Å². The molecule has 0 saturated carbocycles. The summed E-state index contributed by atoms with van der Waals surface area (Å²) in [5.41, 5.74) is 2.02. The topological polar surface area (TPSA) is 87.3 Å². The van der Waals surface area contributed by atoms with Crippen LogP contribution in [0.15, 0.2) is 65.6 Å². The third-order valence-corrected chi connectivity index (χ3v) is 5.53. The second-order valence-electron chi connectivity index (χ2n) is 6.96. The van der Waals surface area contributed by atoms with Crippen molar-refractivity contribution in [2.24, 2.45) is 0 Å². The summed E-state index contributed by atoms with van der Waals surface area (Å²) in [4.78, 5) is 33.3. The third kappa shape index (κ3) is 4.26. The number of nitrogens with one attached hydrogen (secondary N) is 2. The number of fused-ring (bicyclic) bond motifs is 1. The summed E-state index contributed by atoms with van der Waals surface area (Å²) in [6.07, 6.45) is 1.58. The van der Waals surface area contributed by atoms with Gasteiger partial charge >= 0.3 is 6.03 Å². The van der Waals surface area contributed by atoms with Crippen molar-refractivity contribution in [2.75, 3.05) is 24.4 Å². The normalized spacial score (nSPS) is 10.8. The second-order valence-corrected chi connectivity index (χ2v) is 7.78. The molecule has 7 nitrogen and oxygen atoms in total. The minimum Gasteiger partial charge on any atom is -0.497 e. The first-order valence-corrected chi connectivity index (χ1v) is 10.3. The first-order valence-electron chi connectivity index (χ1n) is 9.53. The Hall–Kier alpha value is -3.55. The quantitative estimate of drug-likeness (QED) is 0.409. The zero-order chi connectivity index (χ0) is 22.8. The number of amides is 2. The molecule has 0 aliphatic heterocycles. The minimum absolute atomic E-state index is 0.156. The number of benzene rings is 2. The van der Waals surface area contributed by atoms with Gasteiger partial charge in [-0.3, -0.25) is 9.69 Å². The van der Waals surface area contributed by atoms with E-state index in [0.29, 0.717) is 16.8 Å². The number of rotatable bonds is 4. The molecule has 2 N–H and O–H groups in total. The van der Waals surface area contributed by atoms with Gasteiger partial charge in [0.25, 0.3) is 5.56 Å². The number of carbonyl (C=O) groups excluding carboxylic acids is 1. The van der Waals surface area contributed by atoms with Crippen LogP contribution in [0.4, 0.5) is 16.2 Å². The average molecular weight is 469 g/mol. The van der Waals surface area contributed by atoms with Gasteiger partial charge < -0.3 is 15.0 Å². The predicted molar refractivity (Wildman–Crippen MR) is 128 cm³/mol. The molecule has 2 aromatic carbocycles. The fourth-order valence-electron chi connectivity index (χ4n) is 3.23. The fourth-order valence-corrected chi connectivity index (χ4v) is 3.82. The minimum atomic E-state index is -0.573. The van der Waals surface area contributed by atoms with Crippen molar-refractivity contribution in [2.45, 2.75) is 0 Å². The molecular formula is C23H18Cl2N4O3. The molecule has 2 heterocycles. The number of methoxy groups -OCH3 is 1. The lowest BCUT2D eigenvalue weighted by molar-refractivity contribution is 0.258. The van der Waals surface area contributed by atoms with Crippen LogP contribution in [0.25, 0.3) is 22.2 Å². The molecular weight excluding hydrogens is 451 g/mol. The molecule has 0 atom stereocenters. The van der Waals surface area contributed by atoms with Crippen molar-refractivity contribution in [1.29, 1.82) is 0 Å². The Morgan fingerprint density at radius 2 is 1.81 bits per heavy atom. The summed E-state index contributed by atoms with van der Waals surface area (Å²) in [5.74, 6) is 0.699. The summed E-state index contributed by atoms with van der Waals surface area (Å²) in [5, 5.41) is 3.89. The molecule has 162 valence electrons. The van der Waals surface area contributed by atoms with Gasteiger partial charge in [-0.25, -0.2) is 9.78 Å². The van der Waals surface area contributed by atoms with E-state index in [1.54, 1.807) is 43.6 Å². The number of urea groups is 1. The summed E-state index contributed by atoms with van der Waals surface area (Å²) in [7, 11) is 3.07. The summed E-state index contributed by atoms with van der Waals surface area (Å²) in [6, 6.07) is 15.4. The average Bonchev–Trinajstić information content (AvgIpc) is 2.80. The van der Waals surface area contributed by atoms with Crippen molar-refractivity contribution in [3.8, 4) is 16.9 Å². The highest BCUT2D eigenvalue weighted by molar-refractivity contribution is 6.40. The number of aromatic nitrogens is 2. The number of halogens is 2. The van der Waals surface area contributed by atoms with Crippen molar-refractivity contribution in [1.82, 2.24) is 9.97 Å². The van der Waals surface area contributed by atoms with Crippen LogP contribution in [0, 0.1) is 0 Å². The molecule has 0 aliphatic carbocycles. The highest BCUT2D eigenvalue weighted by Crippen LogP contribution is 2.36. The van der Waals surface area contributed by atoms with Gasteiger partial charge in [0.05, 0.1) is 22.8 Å². The van der Waals surface area contributed by atoms with Gasteiger partial charge in [-0.15, -0.1) is 0 Å². The zero-order valence-corrected chi connectivity index (χ0v) is 18.7. The molecule has 4 rings (SSSR count). The zero-order valence-electron chi connectivity index (χ0n) is 17.1. The van der Waals surface area contributed by atoms with Crippen LogP contribution in [0.5, 0.6) is 5.75 Å². The lowest BCUT2D eigenvalue weighted by Gasteiger charge is -2.19. The van der Waals surface area contributed by atoms with Crippen LogP contribution in [-0.4, -0.2) is 30.2 Å². The SMILES string of the molecule is COc1cccc(-c2cc(Cl)c(NC(=O)N(C)c3cc4cccnc4[nH]c3=O)c(Cl)c2)c1. The monoisotopic (exact) mass is 468 g/mol. The van der Waals surface area contributed by atoms with Crippen molar-refractivity contribution in [3.63, 3.8) is 0 Å². The molecule has 2 aromatic heterocycles. The maximum absolute atomic E-state index is 12.9. The van der Waals surface area contributed by atoms with Crippen molar-refractivity contribution >= 4 is 51.6 Å². The largest absolute Gasteiger partial charge is 0.497 e. The molecule has 0 unspecified atom stereocenters. The first-order chi connectivity index (χ1) is 15.4. The number of nitrogens with zero attached hydrogens (tertiary/aromatic N) is 2. The molecule has 0 aliphatic rings. The van der Waals surface area contributed by atoms with Crippen molar-refractivity contribution in [3.05, 3.63) is 81.2 Å². The molecule has 0 spiro atoms. The Morgan fingerprint density at radius 3 is 2.53 bits per heavy atom. The summed E-state index contributed by atoms with van der Waals surface area (Å²) < 4.78 is 5.26. The van der Waals surface area contributed by atoms with E-state index in [4.69, 9.17) is 27.9 Å². The number of aromatic amines is 1. The number of hydrogen-bond acceptors (Lipinski definition) is 4. The Balaban J connectivity index is 1.62. The van der Waals surface area contributed by atoms with Crippen molar-refractivity contribution < 1.29 is 9.53 Å². The van der Waals surface area contributed by atoms with E-state index in [-0.39, 0.29) is 21.4 Å². The standard InChI is InChI=1S/C23H18Cl2N4O3/c1-29(19-12-14-6-4-8-26-21(14)28-22(19)30)23(31)27-20-17(24)10-15(11-18(20)25)13-5-3-7-16(9-13)32-2/h3-12H,1-2H3,(H,27,31)(H,26,28,30). The highest BCUT2D eigenvalue weighted by atomic mass is 35.5. The molecule has 2 amide bonds. The van der Waals surface area contributed by atoms with Gasteiger partial charge in [0.15, 0.2) is 0 Å². The second kappa shape index (κ2) is 8.90. The van der Waals surface area contributed by atoms with E-state index in [1.807, 2.05) is 24.3 Å². The van der Waals surface area contributed by atoms with E-state index in [9.17, 15) is 9.59 Å². The molecule has 4 aromatic rings. The molecule has 0 saturated heterocycles. The molecule has 9 heteroatoms. The summed E-state index contributed by atoms with van der Waals surface area (Å²) in [6.45, 7) is 0. The molecule has 32 heavy (non-hydrogen) atoms. The Labute approximate surface area is 193 Å². The van der Waals surface area contributed by atoms with Crippen LogP contribution in [0.1, 0.15) is 0 Å². The predicted octanol–water partition coefficient (Wildman–Crippen LogP) is 5.57. The van der Waals surface area contributed by atoms with E-state index in [0.717, 1.165) is 11.1 Å². The van der Waals surface area contributed by atoms with Gasteiger partial charge in [-0.05, 0) is 53.6 Å². The maximum atomic E-state index is 12.9. The maximum Gasteiger partial charge on any atom is 0.326 e. The number of anilines is 2. The van der Waals surface area contributed by atoms with E-state index in [2.05, 4.69) is 15.3 Å². The van der Waals surface area contributed by atoms with Gasteiger partial charge in [0, 0.05) is 18.6 Å². The lowest BCUT2D eigenvalue weighted by atomic mass is 10.0. The Morgan fingerprint density at radius 1 is 1.06 bits per heavy atom. The highest BCUT2D eigenvalue weighted by Gasteiger charge is 2.19. The molecule has 0 bridgehead atoms. The van der Waals surface area contributed by atoms with Crippen LogP contribution in [0.3, 0.4) is 0 Å². The Kier molecular flexibility index (Phi) is 6.03. The van der Waals surface area contributed by atoms with E-state index in [1.165, 1.54) is 11.9 Å². The molecule has 0 radical (unpaired) electrons. The number of ether oxygens (including phenoxy) is 1. The fraction of sp³-hybridized carbons (Fsp3) is 0.0870. The number of carbonyl (C=O) groups is 1. The third-order valence-electron chi connectivity index (χ3n) is 4.94. The van der Waals surface area contributed by atoms with Crippen LogP contribution in [-0.2, 0) is 0 Å². The number of H-pyrrole nitrogens is 1. The molecule has 0 fully saturated rings. The summed E-state index contributed by atoms with van der Waals surface area (Å²) >= 11 is 12.9. The van der Waals surface area contributed by atoms with Crippen LogP contribution >= 0.6 is 23.2 Å². The van der Waals surface area contributed by atoms with Gasteiger partial charge in [0.1, 0.15) is 17.1 Å². The van der Waals surface area contributed by atoms with E-state index >= 15 is 0 Å². The van der Waals surface area contributed by atoms with Crippen LogP contribution in [0.2, 0.25) is 10.0 Å². The van der Waals surface area contributed by atoms with E-state index < -0.39 is 11.6 Å². The lowest BCUT2D eigenvalue weighted by Crippen LogP contribution is -2.35. The first kappa shape index (κ1) is 21.7. The Bertz CT molecular complexity index is 1360. The van der Waals surface area contributed by atoms with Gasteiger partial charge in [-0.2, -0.15) is 0 Å². The smallest absolute Gasteiger partial charge is 0.326 e.